The van der Waals surface area contributed by atoms with Gasteiger partial charge in [0.2, 0.25) is 0 Å². The SMILES string of the molecule is C1=CC2CN=CC=C(C1)C2. The third-order valence-electron chi connectivity index (χ3n) is 2.07. The molecule has 0 fully saturated rings. The van der Waals surface area contributed by atoms with Gasteiger partial charge in [-0.2, -0.15) is 0 Å². The van der Waals surface area contributed by atoms with Crippen LogP contribution in [0.15, 0.2) is 28.8 Å². The first kappa shape index (κ1) is 5.90. The minimum absolute atomic E-state index is 0.693. The number of allylic oxidation sites excluding steroid dienone is 3. The summed E-state index contributed by atoms with van der Waals surface area (Å²) in [5.74, 6) is 0.693. The molecule has 1 nitrogen and oxygen atoms in total. The third kappa shape index (κ3) is 1.04. The Bertz CT molecular complexity index is 211. The van der Waals surface area contributed by atoms with Gasteiger partial charge in [-0.05, 0) is 18.9 Å². The van der Waals surface area contributed by atoms with Gasteiger partial charge >= 0.3 is 0 Å². The van der Waals surface area contributed by atoms with Crippen LogP contribution in [0, 0.1) is 5.92 Å². The number of hydrogen-bond donors (Lipinski definition) is 0. The summed E-state index contributed by atoms with van der Waals surface area (Å²) in [5, 5.41) is 0. The standard InChI is InChI=1S/C9H11N/c1-2-8-4-5-10-7-9(3-1)6-8/h1,3-5,9H,2,6-7H2. The molecular weight excluding hydrogens is 122 g/mol. The highest BCUT2D eigenvalue weighted by molar-refractivity contribution is 5.72. The Morgan fingerprint density at radius 2 is 2.50 bits per heavy atom. The van der Waals surface area contributed by atoms with Gasteiger partial charge in [-0.25, -0.2) is 0 Å². The summed E-state index contributed by atoms with van der Waals surface area (Å²) in [5.41, 5.74) is 1.54. The number of nitrogens with zero attached hydrogens (tertiary/aromatic N) is 1. The third-order valence-corrected chi connectivity index (χ3v) is 2.07. The second-order valence-corrected chi connectivity index (χ2v) is 2.94. The highest BCUT2D eigenvalue weighted by atomic mass is 14.7. The Morgan fingerprint density at radius 1 is 1.50 bits per heavy atom. The van der Waals surface area contributed by atoms with E-state index in [4.69, 9.17) is 0 Å². The molecule has 0 saturated heterocycles. The predicted molar refractivity (Wildman–Crippen MR) is 43.3 cm³/mol. The Balaban J connectivity index is 2.28. The molecule has 2 bridgehead atoms. The Hall–Kier alpha value is -0.850. The normalized spacial score (nSPS) is 29.6. The van der Waals surface area contributed by atoms with E-state index in [1.165, 1.54) is 12.0 Å². The van der Waals surface area contributed by atoms with Gasteiger partial charge in [0.05, 0.1) is 0 Å². The van der Waals surface area contributed by atoms with Crippen molar-refractivity contribution in [1.82, 2.24) is 0 Å². The summed E-state index contributed by atoms with van der Waals surface area (Å²) >= 11 is 0. The van der Waals surface area contributed by atoms with Gasteiger partial charge < -0.3 is 0 Å². The average Bonchev–Trinajstić information content (AvgIpc) is 2.12. The van der Waals surface area contributed by atoms with Crippen molar-refractivity contribution in [2.45, 2.75) is 12.8 Å². The molecule has 1 atom stereocenters. The first-order valence-corrected chi connectivity index (χ1v) is 3.79. The van der Waals surface area contributed by atoms with Crippen LogP contribution in [0.2, 0.25) is 0 Å². The zero-order chi connectivity index (χ0) is 6.81. The fraction of sp³-hybridized carbons (Fsp3) is 0.444. The van der Waals surface area contributed by atoms with Crippen LogP contribution in [0.3, 0.4) is 0 Å². The highest BCUT2D eigenvalue weighted by Gasteiger charge is 2.12. The number of hydrogen-bond acceptors (Lipinski definition) is 1. The fourth-order valence-electron chi connectivity index (χ4n) is 1.52. The molecule has 2 aliphatic rings. The van der Waals surface area contributed by atoms with E-state index in [1.54, 1.807) is 0 Å². The van der Waals surface area contributed by atoms with Crippen molar-refractivity contribution < 1.29 is 0 Å². The molecule has 0 aromatic heterocycles. The number of fused-ring (bicyclic) bond motifs is 2. The van der Waals surface area contributed by atoms with Crippen molar-refractivity contribution in [3.05, 3.63) is 23.8 Å². The molecule has 0 spiro atoms. The largest absolute Gasteiger partial charge is 0.293 e. The van der Waals surface area contributed by atoms with Crippen LogP contribution in [-0.4, -0.2) is 12.8 Å². The second-order valence-electron chi connectivity index (χ2n) is 2.94. The topological polar surface area (TPSA) is 12.4 Å². The molecule has 1 unspecified atom stereocenters. The van der Waals surface area contributed by atoms with Gasteiger partial charge in [0.15, 0.2) is 0 Å². The van der Waals surface area contributed by atoms with Crippen molar-refractivity contribution in [2.24, 2.45) is 10.9 Å². The first-order chi connectivity index (χ1) is 4.95. The molecule has 0 aromatic carbocycles. The molecule has 1 heteroatoms. The van der Waals surface area contributed by atoms with Gasteiger partial charge in [0.1, 0.15) is 0 Å². The molecule has 0 radical (unpaired) electrons. The fourth-order valence-corrected chi connectivity index (χ4v) is 1.52. The molecule has 10 heavy (non-hydrogen) atoms. The van der Waals surface area contributed by atoms with Crippen LogP contribution in [-0.2, 0) is 0 Å². The van der Waals surface area contributed by atoms with Gasteiger partial charge in [-0.1, -0.05) is 17.7 Å². The van der Waals surface area contributed by atoms with Crippen LogP contribution in [0.4, 0.5) is 0 Å². The maximum Gasteiger partial charge on any atom is 0.0455 e. The summed E-state index contributed by atoms with van der Waals surface area (Å²) in [6.45, 7) is 0.983. The molecule has 1 aliphatic heterocycles. The zero-order valence-corrected chi connectivity index (χ0v) is 5.96. The highest BCUT2D eigenvalue weighted by Crippen LogP contribution is 2.23. The Labute approximate surface area is 61.2 Å². The van der Waals surface area contributed by atoms with Crippen molar-refractivity contribution >= 4 is 6.21 Å². The monoisotopic (exact) mass is 133 g/mol. The summed E-state index contributed by atoms with van der Waals surface area (Å²) in [6.07, 6.45) is 11.0. The Kier molecular flexibility index (Phi) is 1.42. The van der Waals surface area contributed by atoms with E-state index < -0.39 is 0 Å². The lowest BCUT2D eigenvalue weighted by atomic mass is 9.92. The molecule has 0 amide bonds. The van der Waals surface area contributed by atoms with Crippen LogP contribution >= 0.6 is 0 Å². The average molecular weight is 133 g/mol. The lowest BCUT2D eigenvalue weighted by Gasteiger charge is -2.14. The molecule has 1 heterocycles. The number of rotatable bonds is 0. The lowest BCUT2D eigenvalue weighted by Crippen LogP contribution is -2.04. The maximum absolute atomic E-state index is 4.26. The van der Waals surface area contributed by atoms with E-state index in [0.29, 0.717) is 5.92 Å². The second kappa shape index (κ2) is 2.41. The van der Waals surface area contributed by atoms with E-state index in [2.05, 4.69) is 23.2 Å². The molecule has 0 N–H and O–H groups in total. The van der Waals surface area contributed by atoms with Crippen molar-refractivity contribution in [3.8, 4) is 0 Å². The van der Waals surface area contributed by atoms with Crippen LogP contribution < -0.4 is 0 Å². The smallest absolute Gasteiger partial charge is 0.0455 e. The van der Waals surface area contributed by atoms with E-state index in [-0.39, 0.29) is 0 Å². The summed E-state index contributed by atoms with van der Waals surface area (Å²) < 4.78 is 0. The van der Waals surface area contributed by atoms with Crippen LogP contribution in [0.1, 0.15) is 12.8 Å². The lowest BCUT2D eigenvalue weighted by molar-refractivity contribution is 0.637. The van der Waals surface area contributed by atoms with E-state index in [1.807, 2.05) is 6.21 Å². The van der Waals surface area contributed by atoms with E-state index in [9.17, 15) is 0 Å². The molecule has 1 aliphatic carbocycles. The molecule has 0 aromatic rings. The predicted octanol–water partition coefficient (Wildman–Crippen LogP) is 1.96. The molecular formula is C9H11N. The zero-order valence-electron chi connectivity index (χ0n) is 5.96. The van der Waals surface area contributed by atoms with Crippen molar-refractivity contribution in [1.29, 1.82) is 0 Å². The van der Waals surface area contributed by atoms with Crippen molar-refractivity contribution in [2.75, 3.05) is 6.54 Å². The minimum Gasteiger partial charge on any atom is -0.293 e. The van der Waals surface area contributed by atoms with Crippen molar-refractivity contribution in [3.63, 3.8) is 0 Å². The Morgan fingerprint density at radius 3 is 3.50 bits per heavy atom. The van der Waals surface area contributed by atoms with Crippen LogP contribution in [0.25, 0.3) is 0 Å². The molecule has 2 rings (SSSR count). The summed E-state index contributed by atoms with van der Waals surface area (Å²) in [7, 11) is 0. The van der Waals surface area contributed by atoms with Gasteiger partial charge in [0.25, 0.3) is 0 Å². The summed E-state index contributed by atoms with van der Waals surface area (Å²) in [6, 6.07) is 0. The maximum atomic E-state index is 4.26. The number of aliphatic imine (C=N–C) groups is 1. The van der Waals surface area contributed by atoms with Gasteiger partial charge in [0, 0.05) is 18.7 Å². The van der Waals surface area contributed by atoms with Gasteiger partial charge in [-0.15, -0.1) is 0 Å². The van der Waals surface area contributed by atoms with Gasteiger partial charge in [-0.3, -0.25) is 4.99 Å². The summed E-state index contributed by atoms with van der Waals surface area (Å²) in [4.78, 5) is 4.26. The minimum atomic E-state index is 0.693. The first-order valence-electron chi connectivity index (χ1n) is 3.79. The van der Waals surface area contributed by atoms with Crippen LogP contribution in [0.5, 0.6) is 0 Å². The quantitative estimate of drug-likeness (QED) is 0.448. The van der Waals surface area contributed by atoms with E-state index in [0.717, 1.165) is 13.0 Å². The molecule has 52 valence electrons. The van der Waals surface area contributed by atoms with E-state index >= 15 is 0 Å². The molecule has 0 saturated carbocycles.